The number of aromatic hydroxyl groups is 1. The van der Waals surface area contributed by atoms with Crippen LogP contribution in [-0.2, 0) is 21.4 Å². The van der Waals surface area contributed by atoms with Crippen LogP contribution in [0, 0.1) is 0 Å². The Kier molecular flexibility index (Phi) is 3.30. The van der Waals surface area contributed by atoms with Gasteiger partial charge in [-0.3, -0.25) is 4.79 Å². The summed E-state index contributed by atoms with van der Waals surface area (Å²) in [5, 5.41) is 12.8. The van der Waals surface area contributed by atoms with Gasteiger partial charge >= 0.3 is 10.2 Å². The van der Waals surface area contributed by atoms with Crippen molar-refractivity contribution in [2.45, 2.75) is 6.42 Å². The lowest BCUT2D eigenvalue weighted by atomic mass is 10.1. The lowest BCUT2D eigenvalue weighted by Gasteiger charge is -2.16. The minimum atomic E-state index is -3.91. The number of amides is 1. The van der Waals surface area contributed by atoms with Gasteiger partial charge in [0.1, 0.15) is 12.3 Å². The SMILES string of the molecule is O=C1CN(c2ccc(Cc3nccs3)cc2O)S(=O)(=O)N1. The predicted molar refractivity (Wildman–Crippen MR) is 77.4 cm³/mol. The van der Waals surface area contributed by atoms with E-state index in [2.05, 4.69) is 4.98 Å². The standard InChI is InChI=1S/C12H11N3O4S2/c16-10-5-8(6-12-13-3-4-20-12)1-2-9(10)15-7-11(17)14-21(15,18)19/h1-5,16H,6-7H2,(H,14,17). The van der Waals surface area contributed by atoms with Gasteiger partial charge in [-0.2, -0.15) is 8.42 Å². The molecule has 1 amide bonds. The van der Waals surface area contributed by atoms with Crippen LogP contribution in [0.2, 0.25) is 0 Å². The number of hydrogen-bond donors (Lipinski definition) is 2. The average Bonchev–Trinajstić information content (AvgIpc) is 2.97. The molecule has 1 saturated heterocycles. The molecule has 0 bridgehead atoms. The van der Waals surface area contributed by atoms with Crippen LogP contribution < -0.4 is 9.03 Å². The Hall–Kier alpha value is -2.13. The van der Waals surface area contributed by atoms with Gasteiger partial charge in [0.2, 0.25) is 0 Å². The van der Waals surface area contributed by atoms with E-state index in [1.165, 1.54) is 23.5 Å². The summed E-state index contributed by atoms with van der Waals surface area (Å²) in [6.45, 7) is -0.332. The summed E-state index contributed by atoms with van der Waals surface area (Å²) in [4.78, 5) is 15.4. The maximum atomic E-state index is 11.7. The minimum Gasteiger partial charge on any atom is -0.506 e. The Morgan fingerprint density at radius 3 is 2.81 bits per heavy atom. The number of thiazole rings is 1. The van der Waals surface area contributed by atoms with E-state index in [1.54, 1.807) is 12.3 Å². The fourth-order valence-corrected chi connectivity index (χ4v) is 3.88. The third-order valence-corrected chi connectivity index (χ3v) is 5.14. The highest BCUT2D eigenvalue weighted by molar-refractivity contribution is 7.92. The number of carbonyl (C=O) groups is 1. The molecular weight excluding hydrogens is 314 g/mol. The number of phenolic OH excluding ortho intramolecular Hbond substituents is 1. The fourth-order valence-electron chi connectivity index (χ4n) is 2.07. The summed E-state index contributed by atoms with van der Waals surface area (Å²) in [5.74, 6) is -0.814. The molecule has 1 fully saturated rings. The van der Waals surface area contributed by atoms with Crippen molar-refractivity contribution in [1.29, 1.82) is 0 Å². The van der Waals surface area contributed by atoms with Crippen LogP contribution in [0.1, 0.15) is 10.6 Å². The molecule has 110 valence electrons. The molecule has 2 heterocycles. The maximum Gasteiger partial charge on any atom is 0.326 e. The van der Waals surface area contributed by atoms with Crippen molar-refractivity contribution in [2.75, 3.05) is 10.8 Å². The Labute approximate surface area is 125 Å². The first-order valence-electron chi connectivity index (χ1n) is 5.99. The molecule has 1 aliphatic heterocycles. The molecular formula is C12H11N3O4S2. The first-order valence-corrected chi connectivity index (χ1v) is 8.31. The van der Waals surface area contributed by atoms with Gasteiger partial charge in [0, 0.05) is 18.0 Å². The van der Waals surface area contributed by atoms with Crippen LogP contribution >= 0.6 is 11.3 Å². The number of benzene rings is 1. The zero-order chi connectivity index (χ0) is 15.0. The van der Waals surface area contributed by atoms with Gasteiger partial charge in [-0.1, -0.05) is 6.07 Å². The second-order valence-electron chi connectivity index (χ2n) is 4.46. The van der Waals surface area contributed by atoms with Crippen LogP contribution in [0.15, 0.2) is 29.8 Å². The van der Waals surface area contributed by atoms with Crippen molar-refractivity contribution in [2.24, 2.45) is 0 Å². The molecule has 21 heavy (non-hydrogen) atoms. The van der Waals surface area contributed by atoms with Crippen molar-refractivity contribution in [1.82, 2.24) is 9.71 Å². The number of carbonyl (C=O) groups excluding carboxylic acids is 1. The van der Waals surface area contributed by atoms with Gasteiger partial charge < -0.3 is 5.11 Å². The lowest BCUT2D eigenvalue weighted by molar-refractivity contribution is -0.117. The number of hydrogen-bond acceptors (Lipinski definition) is 6. The van der Waals surface area contributed by atoms with Crippen LogP contribution in [0.4, 0.5) is 5.69 Å². The Bertz CT molecular complexity index is 787. The molecule has 3 rings (SSSR count). The second-order valence-corrected chi connectivity index (χ2v) is 7.04. The zero-order valence-corrected chi connectivity index (χ0v) is 12.3. The van der Waals surface area contributed by atoms with Crippen molar-refractivity contribution in [3.05, 3.63) is 40.3 Å². The largest absolute Gasteiger partial charge is 0.506 e. The second kappa shape index (κ2) is 5.01. The molecule has 9 heteroatoms. The van der Waals surface area contributed by atoms with Crippen molar-refractivity contribution >= 4 is 33.1 Å². The Morgan fingerprint density at radius 2 is 2.24 bits per heavy atom. The molecule has 0 spiro atoms. The maximum absolute atomic E-state index is 11.7. The van der Waals surface area contributed by atoms with Crippen LogP contribution in [-0.4, -0.2) is 31.0 Å². The lowest BCUT2D eigenvalue weighted by Crippen LogP contribution is -2.29. The number of rotatable bonds is 3. The van der Waals surface area contributed by atoms with Gasteiger partial charge in [-0.25, -0.2) is 14.0 Å². The number of nitrogens with zero attached hydrogens (tertiary/aromatic N) is 2. The fraction of sp³-hybridized carbons (Fsp3) is 0.167. The van der Waals surface area contributed by atoms with Gasteiger partial charge in [0.05, 0.1) is 10.7 Å². The average molecular weight is 325 g/mol. The highest BCUT2D eigenvalue weighted by Gasteiger charge is 2.35. The summed E-state index contributed by atoms with van der Waals surface area (Å²) in [5.41, 5.74) is 0.887. The minimum absolute atomic E-state index is 0.0799. The summed E-state index contributed by atoms with van der Waals surface area (Å²) in [7, 11) is -3.91. The van der Waals surface area contributed by atoms with Crippen molar-refractivity contribution in [3.63, 3.8) is 0 Å². The smallest absolute Gasteiger partial charge is 0.326 e. The molecule has 1 aliphatic rings. The summed E-state index contributed by atoms with van der Waals surface area (Å²) in [6.07, 6.45) is 2.25. The number of nitrogens with one attached hydrogen (secondary N) is 1. The molecule has 2 aromatic rings. The molecule has 2 N–H and O–H groups in total. The van der Waals surface area contributed by atoms with Crippen LogP contribution in [0.5, 0.6) is 5.75 Å². The number of anilines is 1. The molecule has 0 radical (unpaired) electrons. The van der Waals surface area contributed by atoms with Gasteiger partial charge in [0.25, 0.3) is 5.91 Å². The first kappa shape index (κ1) is 13.8. The van der Waals surface area contributed by atoms with Crippen LogP contribution in [0.3, 0.4) is 0 Å². The predicted octanol–water partition coefficient (Wildman–Crippen LogP) is 0.621. The van der Waals surface area contributed by atoms with Crippen molar-refractivity contribution in [3.8, 4) is 5.75 Å². The number of aromatic nitrogens is 1. The van der Waals surface area contributed by atoms with E-state index in [4.69, 9.17) is 0 Å². The monoisotopic (exact) mass is 325 g/mol. The highest BCUT2D eigenvalue weighted by atomic mass is 32.2. The molecule has 7 nitrogen and oxygen atoms in total. The van der Waals surface area contributed by atoms with Crippen LogP contribution in [0.25, 0.3) is 0 Å². The van der Waals surface area contributed by atoms with Gasteiger partial charge in [-0.05, 0) is 17.7 Å². The topological polar surface area (TPSA) is 99.6 Å². The quantitative estimate of drug-likeness (QED) is 0.862. The number of phenols is 1. The van der Waals surface area contributed by atoms with Gasteiger partial charge in [-0.15, -0.1) is 11.3 Å². The van der Waals surface area contributed by atoms with E-state index >= 15 is 0 Å². The third-order valence-electron chi connectivity index (χ3n) is 2.97. The molecule has 0 saturated carbocycles. The first-order chi connectivity index (χ1) is 9.95. The van der Waals surface area contributed by atoms with E-state index in [9.17, 15) is 18.3 Å². The summed E-state index contributed by atoms with van der Waals surface area (Å²) >= 11 is 1.50. The molecule has 0 unspecified atom stereocenters. The van der Waals surface area contributed by atoms with E-state index in [0.29, 0.717) is 6.42 Å². The summed E-state index contributed by atoms with van der Waals surface area (Å²) < 4.78 is 26.2. The molecule has 1 aromatic heterocycles. The third kappa shape index (κ3) is 2.69. The zero-order valence-electron chi connectivity index (χ0n) is 10.7. The van der Waals surface area contributed by atoms with E-state index in [0.717, 1.165) is 14.9 Å². The van der Waals surface area contributed by atoms with E-state index < -0.39 is 16.1 Å². The molecule has 0 aliphatic carbocycles. The summed E-state index contributed by atoms with van der Waals surface area (Å²) in [6, 6.07) is 4.67. The van der Waals surface area contributed by atoms with E-state index in [-0.39, 0.29) is 18.0 Å². The Morgan fingerprint density at radius 1 is 1.43 bits per heavy atom. The van der Waals surface area contributed by atoms with Gasteiger partial charge in [0.15, 0.2) is 0 Å². The Balaban J connectivity index is 1.90. The molecule has 1 aromatic carbocycles. The van der Waals surface area contributed by atoms with Crippen molar-refractivity contribution < 1.29 is 18.3 Å². The highest BCUT2D eigenvalue weighted by Crippen LogP contribution is 2.32. The molecule has 0 atom stereocenters. The van der Waals surface area contributed by atoms with E-state index in [1.807, 2.05) is 10.1 Å². The normalized spacial score (nSPS) is 17.0.